The summed E-state index contributed by atoms with van der Waals surface area (Å²) in [5.41, 5.74) is 3.66. The third-order valence-electron chi connectivity index (χ3n) is 4.66. The first-order chi connectivity index (χ1) is 11.6. The summed E-state index contributed by atoms with van der Waals surface area (Å²) in [6.07, 6.45) is 1.15. The lowest BCUT2D eigenvalue weighted by Crippen LogP contribution is -2.20. The maximum Gasteiger partial charge on any atom is 0.167 e. The van der Waals surface area contributed by atoms with Gasteiger partial charge in [-0.25, -0.2) is 9.07 Å². The highest BCUT2D eigenvalue weighted by molar-refractivity contribution is 6.00. The molecule has 4 rings (SSSR count). The van der Waals surface area contributed by atoms with E-state index in [0.717, 1.165) is 11.3 Å². The van der Waals surface area contributed by atoms with Crippen LogP contribution in [0.4, 0.5) is 4.39 Å². The quantitative estimate of drug-likeness (QED) is 0.708. The predicted octanol–water partition coefficient (Wildman–Crippen LogP) is 4.23. The average Bonchev–Trinajstić information content (AvgIpc) is 2.93. The molecule has 2 aromatic carbocycles. The number of carbonyl (C=O) groups excluding carboxylic acids is 1. The number of aromatic nitrogens is 2. The van der Waals surface area contributed by atoms with Crippen LogP contribution in [0.15, 0.2) is 54.6 Å². The van der Waals surface area contributed by atoms with Crippen molar-refractivity contribution in [3.05, 3.63) is 82.9 Å². The number of ketones is 1. The summed E-state index contributed by atoms with van der Waals surface area (Å²) in [6.45, 7) is 1.82. The zero-order valence-electron chi connectivity index (χ0n) is 13.4. The van der Waals surface area contributed by atoms with Crippen LogP contribution in [-0.4, -0.2) is 15.6 Å². The molecule has 0 N–H and O–H groups in total. The monoisotopic (exact) mass is 320 g/mol. The van der Waals surface area contributed by atoms with E-state index < -0.39 is 0 Å². The molecule has 0 aliphatic heterocycles. The smallest absolute Gasteiger partial charge is 0.167 e. The third-order valence-corrected chi connectivity index (χ3v) is 4.66. The Morgan fingerprint density at radius 3 is 2.50 bits per heavy atom. The minimum Gasteiger partial charge on any atom is -0.294 e. The molecule has 1 aromatic heterocycles. The van der Waals surface area contributed by atoms with Gasteiger partial charge < -0.3 is 0 Å². The van der Waals surface area contributed by atoms with Crippen molar-refractivity contribution in [2.75, 3.05) is 0 Å². The van der Waals surface area contributed by atoms with Crippen molar-refractivity contribution in [3.8, 4) is 5.69 Å². The first kappa shape index (κ1) is 14.8. The largest absolute Gasteiger partial charge is 0.294 e. The normalized spacial score (nSPS) is 16.9. The third kappa shape index (κ3) is 2.35. The van der Waals surface area contributed by atoms with Gasteiger partial charge in [0.25, 0.3) is 0 Å². The van der Waals surface area contributed by atoms with Gasteiger partial charge >= 0.3 is 0 Å². The van der Waals surface area contributed by atoms with Gasteiger partial charge in [0, 0.05) is 6.42 Å². The van der Waals surface area contributed by atoms with Crippen LogP contribution in [-0.2, 0) is 6.42 Å². The van der Waals surface area contributed by atoms with E-state index in [4.69, 9.17) is 0 Å². The fraction of sp³-hybridized carbons (Fsp3) is 0.200. The highest BCUT2D eigenvalue weighted by atomic mass is 19.1. The number of rotatable bonds is 2. The molecule has 1 atom stereocenters. The van der Waals surface area contributed by atoms with Crippen LogP contribution in [0, 0.1) is 12.7 Å². The summed E-state index contributed by atoms with van der Waals surface area (Å²) in [6, 6.07) is 16.5. The van der Waals surface area contributed by atoms with Crippen molar-refractivity contribution in [3.63, 3.8) is 0 Å². The van der Waals surface area contributed by atoms with E-state index in [-0.39, 0.29) is 17.5 Å². The van der Waals surface area contributed by atoms with Crippen molar-refractivity contribution < 1.29 is 9.18 Å². The number of para-hydroxylation sites is 1. The molecular weight excluding hydrogens is 303 g/mol. The Kier molecular flexibility index (Phi) is 3.53. The minimum absolute atomic E-state index is 0.0881. The molecule has 1 aliphatic rings. The Balaban J connectivity index is 1.84. The van der Waals surface area contributed by atoms with Gasteiger partial charge in [-0.2, -0.15) is 5.10 Å². The Labute approximate surface area is 139 Å². The lowest BCUT2D eigenvalue weighted by atomic mass is 9.81. The van der Waals surface area contributed by atoms with Crippen molar-refractivity contribution >= 4 is 5.78 Å². The van der Waals surface area contributed by atoms with Gasteiger partial charge in [0.1, 0.15) is 11.5 Å². The summed E-state index contributed by atoms with van der Waals surface area (Å²) in [5, 5.41) is 4.46. The van der Waals surface area contributed by atoms with Crippen molar-refractivity contribution in [1.29, 1.82) is 0 Å². The van der Waals surface area contributed by atoms with Gasteiger partial charge in [-0.1, -0.05) is 42.5 Å². The van der Waals surface area contributed by atoms with Crippen LogP contribution in [0.25, 0.3) is 5.69 Å². The van der Waals surface area contributed by atoms with E-state index >= 15 is 0 Å². The van der Waals surface area contributed by atoms with Crippen LogP contribution in [0.1, 0.15) is 39.6 Å². The van der Waals surface area contributed by atoms with Crippen molar-refractivity contribution in [2.24, 2.45) is 0 Å². The van der Waals surface area contributed by atoms with Crippen molar-refractivity contribution in [2.45, 2.75) is 25.7 Å². The highest BCUT2D eigenvalue weighted by Crippen LogP contribution is 2.35. The molecule has 0 fully saturated rings. The zero-order valence-corrected chi connectivity index (χ0v) is 13.4. The second kappa shape index (κ2) is 5.71. The van der Waals surface area contributed by atoms with Crippen LogP contribution < -0.4 is 0 Å². The first-order valence-electron chi connectivity index (χ1n) is 8.06. The van der Waals surface area contributed by atoms with Gasteiger partial charge in [-0.3, -0.25) is 4.79 Å². The number of Topliss-reactive ketones (excluding diaryl/α,β-unsaturated/α-hetero) is 1. The fourth-order valence-corrected chi connectivity index (χ4v) is 3.54. The van der Waals surface area contributed by atoms with E-state index in [9.17, 15) is 9.18 Å². The molecule has 1 aliphatic carbocycles. The molecule has 120 valence electrons. The number of hydrogen-bond donors (Lipinski definition) is 0. The van der Waals surface area contributed by atoms with E-state index in [0.29, 0.717) is 29.8 Å². The Morgan fingerprint density at radius 1 is 1.04 bits per heavy atom. The molecule has 1 heterocycles. The lowest BCUT2D eigenvalue weighted by Gasteiger charge is -2.23. The molecule has 4 heteroatoms. The van der Waals surface area contributed by atoms with Crippen LogP contribution in [0.3, 0.4) is 0 Å². The number of hydrogen-bond acceptors (Lipinski definition) is 2. The van der Waals surface area contributed by atoms with E-state index in [1.165, 1.54) is 6.07 Å². The summed E-state index contributed by atoms with van der Waals surface area (Å²) < 4.78 is 15.8. The second-order valence-electron chi connectivity index (χ2n) is 6.21. The predicted molar refractivity (Wildman–Crippen MR) is 90.1 cm³/mol. The number of nitrogens with zero attached hydrogens (tertiary/aromatic N) is 2. The van der Waals surface area contributed by atoms with Gasteiger partial charge in [0.2, 0.25) is 0 Å². The van der Waals surface area contributed by atoms with E-state index in [1.54, 1.807) is 22.9 Å². The average molecular weight is 320 g/mol. The summed E-state index contributed by atoms with van der Waals surface area (Å²) in [7, 11) is 0. The standard InChI is InChI=1S/C20H17FN2O/c1-13-20-18(23(22-13)17-10-6-5-9-16(17)21)11-15(12-19(20)24)14-7-3-2-4-8-14/h2-10,15H,11-12H2,1H3/t15-/m0/s1. The molecule has 0 amide bonds. The molecule has 3 aromatic rings. The SMILES string of the molecule is Cc1nn(-c2ccccc2F)c2c1C(=O)C[C@@H](c1ccccc1)C2. The number of halogens is 1. The molecular formula is C20H17FN2O. The first-order valence-corrected chi connectivity index (χ1v) is 8.06. The van der Waals surface area contributed by atoms with Gasteiger partial charge in [-0.05, 0) is 37.0 Å². The highest BCUT2D eigenvalue weighted by Gasteiger charge is 2.32. The topological polar surface area (TPSA) is 34.9 Å². The fourth-order valence-electron chi connectivity index (χ4n) is 3.54. The van der Waals surface area contributed by atoms with Crippen LogP contribution >= 0.6 is 0 Å². The Morgan fingerprint density at radius 2 is 1.75 bits per heavy atom. The number of benzene rings is 2. The maximum absolute atomic E-state index is 14.2. The molecule has 0 saturated heterocycles. The molecule has 0 radical (unpaired) electrons. The van der Waals surface area contributed by atoms with E-state index in [2.05, 4.69) is 5.10 Å². The zero-order chi connectivity index (χ0) is 16.7. The lowest BCUT2D eigenvalue weighted by molar-refractivity contribution is 0.0963. The van der Waals surface area contributed by atoms with Crippen LogP contribution in [0.2, 0.25) is 0 Å². The summed E-state index contributed by atoms with van der Waals surface area (Å²) in [4.78, 5) is 12.7. The van der Waals surface area contributed by atoms with Crippen LogP contribution in [0.5, 0.6) is 0 Å². The van der Waals surface area contributed by atoms with Gasteiger partial charge in [0.15, 0.2) is 5.78 Å². The van der Waals surface area contributed by atoms with E-state index in [1.807, 2.05) is 37.3 Å². The minimum atomic E-state index is -0.336. The molecule has 0 spiro atoms. The number of aryl methyl sites for hydroxylation is 1. The second-order valence-corrected chi connectivity index (χ2v) is 6.21. The van der Waals surface area contributed by atoms with Gasteiger partial charge in [0.05, 0.1) is 17.0 Å². The Bertz CT molecular complexity index is 915. The molecule has 0 saturated carbocycles. The van der Waals surface area contributed by atoms with Crippen molar-refractivity contribution in [1.82, 2.24) is 9.78 Å². The number of carbonyl (C=O) groups is 1. The molecule has 0 unspecified atom stereocenters. The Hall–Kier alpha value is -2.75. The molecule has 0 bridgehead atoms. The molecule has 24 heavy (non-hydrogen) atoms. The molecule has 3 nitrogen and oxygen atoms in total. The number of fused-ring (bicyclic) bond motifs is 1. The maximum atomic E-state index is 14.2. The van der Waals surface area contributed by atoms with Gasteiger partial charge in [-0.15, -0.1) is 0 Å². The summed E-state index contributed by atoms with van der Waals surface area (Å²) in [5.74, 6) is -0.143. The summed E-state index contributed by atoms with van der Waals surface area (Å²) >= 11 is 0.